The van der Waals surface area contributed by atoms with Gasteiger partial charge in [0, 0.05) is 39.0 Å². The summed E-state index contributed by atoms with van der Waals surface area (Å²) in [6, 6.07) is 12.0. The van der Waals surface area contributed by atoms with Crippen LogP contribution in [0.15, 0.2) is 36.4 Å². The molecule has 3 heterocycles. The molecule has 0 aliphatic carbocycles. The van der Waals surface area contributed by atoms with E-state index in [4.69, 9.17) is 5.11 Å². The molecule has 2 fully saturated rings. The SMILES string of the molecule is C[Si]1(C)CCN(c2cc(NS(=O)(=O)CCO)ccc2NC(=O)c2cccc(N3CCC(F)(F)CC3)n2)CC1. The van der Waals surface area contributed by atoms with E-state index < -0.39 is 42.3 Å². The van der Waals surface area contributed by atoms with E-state index in [0.29, 0.717) is 22.9 Å². The van der Waals surface area contributed by atoms with Crippen molar-refractivity contribution in [2.24, 2.45) is 0 Å². The number of hydrogen-bond donors (Lipinski definition) is 3. The maximum absolute atomic E-state index is 13.6. The Morgan fingerprint density at radius 2 is 1.76 bits per heavy atom. The van der Waals surface area contributed by atoms with Crippen molar-refractivity contribution in [3.8, 4) is 0 Å². The largest absolute Gasteiger partial charge is 0.395 e. The summed E-state index contributed by atoms with van der Waals surface area (Å²) < 4.78 is 54.1. The Hall–Kier alpha value is -2.77. The van der Waals surface area contributed by atoms with E-state index in [9.17, 15) is 22.0 Å². The summed E-state index contributed by atoms with van der Waals surface area (Å²) in [6.45, 7) is 6.11. The maximum atomic E-state index is 13.6. The number of hydrogen-bond acceptors (Lipinski definition) is 7. The van der Waals surface area contributed by atoms with Gasteiger partial charge in [-0.3, -0.25) is 9.52 Å². The van der Waals surface area contributed by atoms with Gasteiger partial charge in [-0.25, -0.2) is 22.2 Å². The van der Waals surface area contributed by atoms with Crippen molar-refractivity contribution in [2.75, 3.05) is 58.4 Å². The van der Waals surface area contributed by atoms with Gasteiger partial charge >= 0.3 is 0 Å². The number of nitrogens with one attached hydrogen (secondary N) is 2. The van der Waals surface area contributed by atoms with E-state index in [-0.39, 0.29) is 31.6 Å². The summed E-state index contributed by atoms with van der Waals surface area (Å²) in [5.74, 6) is -3.06. The molecule has 1 aromatic heterocycles. The maximum Gasteiger partial charge on any atom is 0.274 e. The molecule has 0 unspecified atom stereocenters. The predicted octanol–water partition coefficient (Wildman–Crippen LogP) is 3.83. The Kier molecular flexibility index (Phi) is 8.28. The lowest BCUT2D eigenvalue weighted by Crippen LogP contribution is -2.43. The Balaban J connectivity index is 1.56. The Labute approximate surface area is 223 Å². The molecule has 9 nitrogen and oxygen atoms in total. The zero-order valence-electron chi connectivity index (χ0n) is 21.7. The Morgan fingerprint density at radius 1 is 1.08 bits per heavy atom. The first kappa shape index (κ1) is 28.2. The molecular formula is C25H35F2N5O4SSi. The first-order chi connectivity index (χ1) is 17.9. The third-order valence-electron chi connectivity index (χ3n) is 7.12. The lowest BCUT2D eigenvalue weighted by molar-refractivity contribution is -0.0221. The van der Waals surface area contributed by atoms with Gasteiger partial charge in [0.25, 0.3) is 11.8 Å². The zero-order chi connectivity index (χ0) is 27.6. The molecule has 0 atom stereocenters. The summed E-state index contributed by atoms with van der Waals surface area (Å²) in [5, 5.41) is 12.0. The number of carbonyl (C=O) groups excluding carboxylic acids is 1. The smallest absolute Gasteiger partial charge is 0.274 e. The Bertz CT molecular complexity index is 1260. The second kappa shape index (κ2) is 11.1. The molecule has 3 N–H and O–H groups in total. The molecule has 1 aromatic carbocycles. The number of amides is 1. The van der Waals surface area contributed by atoms with Crippen LogP contribution in [-0.4, -0.2) is 77.0 Å². The zero-order valence-corrected chi connectivity index (χ0v) is 23.5. The molecule has 0 saturated carbocycles. The molecule has 2 aliphatic rings. The second-order valence-corrected chi connectivity index (χ2v) is 17.9. The topological polar surface area (TPSA) is 115 Å². The van der Waals surface area contributed by atoms with Crippen LogP contribution in [0.3, 0.4) is 0 Å². The van der Waals surface area contributed by atoms with Gasteiger partial charge in [-0.15, -0.1) is 0 Å². The van der Waals surface area contributed by atoms with Gasteiger partial charge in [0.15, 0.2) is 0 Å². The van der Waals surface area contributed by atoms with Gasteiger partial charge in [-0.05, 0) is 42.4 Å². The third-order valence-corrected chi connectivity index (χ3v) is 11.5. The number of aromatic nitrogens is 1. The molecule has 38 heavy (non-hydrogen) atoms. The molecule has 2 aromatic rings. The molecule has 13 heteroatoms. The fraction of sp³-hybridized carbons (Fsp3) is 0.520. The van der Waals surface area contributed by atoms with E-state index in [1.807, 2.05) is 0 Å². The van der Waals surface area contributed by atoms with Gasteiger partial charge in [-0.1, -0.05) is 19.2 Å². The average Bonchev–Trinajstić information content (AvgIpc) is 2.85. The van der Waals surface area contributed by atoms with Crippen molar-refractivity contribution in [3.63, 3.8) is 0 Å². The number of aliphatic hydroxyl groups excluding tert-OH is 1. The minimum Gasteiger partial charge on any atom is -0.395 e. The highest BCUT2D eigenvalue weighted by atomic mass is 32.2. The number of anilines is 4. The summed E-state index contributed by atoms with van der Waals surface area (Å²) in [6.07, 6.45) is -0.503. The molecule has 2 saturated heterocycles. The quantitative estimate of drug-likeness (QED) is 0.416. The van der Waals surface area contributed by atoms with Crippen molar-refractivity contribution < 1.29 is 27.1 Å². The van der Waals surface area contributed by atoms with Gasteiger partial charge < -0.3 is 20.2 Å². The first-order valence-electron chi connectivity index (χ1n) is 12.8. The molecule has 0 radical (unpaired) electrons. The van der Waals surface area contributed by atoms with Crippen LogP contribution < -0.4 is 19.8 Å². The predicted molar refractivity (Wildman–Crippen MR) is 149 cm³/mol. The van der Waals surface area contributed by atoms with Crippen molar-refractivity contribution in [3.05, 3.63) is 42.1 Å². The Morgan fingerprint density at radius 3 is 2.42 bits per heavy atom. The normalized spacial score (nSPS) is 19.2. The number of carbonyl (C=O) groups is 1. The number of alkyl halides is 2. The molecular weight excluding hydrogens is 532 g/mol. The van der Waals surface area contributed by atoms with Gasteiger partial charge in [-0.2, -0.15) is 0 Å². The van der Waals surface area contributed by atoms with Crippen molar-refractivity contribution in [2.45, 2.75) is 43.9 Å². The highest BCUT2D eigenvalue weighted by molar-refractivity contribution is 7.92. The summed E-state index contributed by atoms with van der Waals surface area (Å²) >= 11 is 0. The van der Waals surface area contributed by atoms with Crippen molar-refractivity contribution in [1.29, 1.82) is 0 Å². The molecule has 208 valence electrons. The van der Waals surface area contributed by atoms with Gasteiger partial charge in [0.1, 0.15) is 11.5 Å². The number of nitrogens with zero attached hydrogens (tertiary/aromatic N) is 3. The minimum absolute atomic E-state index is 0.158. The highest BCUT2D eigenvalue weighted by Crippen LogP contribution is 2.35. The number of benzene rings is 1. The lowest BCUT2D eigenvalue weighted by atomic mass is 10.1. The number of halogens is 2. The van der Waals surface area contributed by atoms with Crippen LogP contribution >= 0.6 is 0 Å². The van der Waals surface area contributed by atoms with E-state index in [1.54, 1.807) is 41.3 Å². The van der Waals surface area contributed by atoms with Crippen LogP contribution in [0.4, 0.5) is 31.7 Å². The van der Waals surface area contributed by atoms with Crippen LogP contribution in [0.25, 0.3) is 0 Å². The molecule has 0 spiro atoms. The number of rotatable bonds is 8. The van der Waals surface area contributed by atoms with Crippen LogP contribution in [-0.2, 0) is 10.0 Å². The summed E-state index contributed by atoms with van der Waals surface area (Å²) in [5.41, 5.74) is 1.72. The average molecular weight is 568 g/mol. The van der Waals surface area contributed by atoms with E-state index in [0.717, 1.165) is 25.2 Å². The summed E-state index contributed by atoms with van der Waals surface area (Å²) in [4.78, 5) is 21.6. The monoisotopic (exact) mass is 567 g/mol. The number of sulfonamides is 1. The molecule has 4 rings (SSSR count). The number of pyridine rings is 1. The van der Waals surface area contributed by atoms with Crippen LogP contribution in [0.1, 0.15) is 23.3 Å². The van der Waals surface area contributed by atoms with E-state index in [2.05, 4.69) is 33.0 Å². The number of piperidine rings is 1. The van der Waals surface area contributed by atoms with E-state index >= 15 is 0 Å². The van der Waals surface area contributed by atoms with Gasteiger partial charge in [0.2, 0.25) is 10.0 Å². The fourth-order valence-electron chi connectivity index (χ4n) is 4.64. The lowest BCUT2D eigenvalue weighted by Gasteiger charge is -2.38. The molecule has 1 amide bonds. The van der Waals surface area contributed by atoms with Crippen molar-refractivity contribution in [1.82, 2.24) is 4.98 Å². The minimum atomic E-state index is -3.71. The second-order valence-electron chi connectivity index (χ2n) is 10.7. The van der Waals surface area contributed by atoms with Crippen molar-refractivity contribution >= 4 is 46.9 Å². The standard InChI is InChI=1S/C25H35F2N5O4SSi/c1-38(2)16-12-31(13-17-38)22-18-19(30-37(35,36)15-14-33)6-7-20(22)29-24(34)21-4-3-5-23(28-21)32-10-8-25(26,27)9-11-32/h3-7,18,30,33H,8-17H2,1-2H3,(H,29,34). The third kappa shape index (κ3) is 7.20. The van der Waals surface area contributed by atoms with Crippen LogP contribution in [0, 0.1) is 0 Å². The first-order valence-corrected chi connectivity index (χ1v) is 17.8. The highest BCUT2D eigenvalue weighted by Gasteiger charge is 2.34. The molecule has 2 aliphatic heterocycles. The van der Waals surface area contributed by atoms with E-state index in [1.165, 1.54) is 0 Å². The summed E-state index contributed by atoms with van der Waals surface area (Å²) in [7, 11) is -5.00. The van der Waals surface area contributed by atoms with Gasteiger partial charge in [0.05, 0.1) is 37.5 Å². The van der Waals surface area contributed by atoms with Crippen LogP contribution in [0.5, 0.6) is 0 Å². The molecule has 0 bridgehead atoms. The van der Waals surface area contributed by atoms with Crippen LogP contribution in [0.2, 0.25) is 25.2 Å². The number of aliphatic hydroxyl groups is 1. The fourth-order valence-corrected chi connectivity index (χ4v) is 7.47.